The van der Waals surface area contributed by atoms with Gasteiger partial charge in [0.15, 0.2) is 0 Å². The number of halogens is 1. The molecule has 0 fully saturated rings. The number of hydrogen-bond acceptors (Lipinski definition) is 3. The van der Waals surface area contributed by atoms with E-state index in [0.29, 0.717) is 22.8 Å². The molecule has 5 nitrogen and oxygen atoms in total. The summed E-state index contributed by atoms with van der Waals surface area (Å²) in [7, 11) is 1.45. The fraction of sp³-hybridized carbons (Fsp3) is 0.375. The van der Waals surface area contributed by atoms with Crippen molar-refractivity contribution in [2.24, 2.45) is 0 Å². The van der Waals surface area contributed by atoms with E-state index >= 15 is 0 Å². The van der Waals surface area contributed by atoms with Gasteiger partial charge in [0.05, 0.1) is 0 Å². The molecule has 1 amide bonds. The van der Waals surface area contributed by atoms with Crippen LogP contribution in [0.3, 0.4) is 0 Å². The lowest BCUT2D eigenvalue weighted by Gasteiger charge is -2.27. The van der Waals surface area contributed by atoms with Gasteiger partial charge in [-0.3, -0.25) is 4.90 Å². The van der Waals surface area contributed by atoms with Crippen LogP contribution in [0.15, 0.2) is 24.4 Å². The van der Waals surface area contributed by atoms with Gasteiger partial charge in [-0.2, -0.15) is 0 Å². The van der Waals surface area contributed by atoms with E-state index in [1.807, 2.05) is 0 Å². The Labute approximate surface area is 128 Å². The van der Waals surface area contributed by atoms with Gasteiger partial charge in [-0.05, 0) is 32.9 Å². The molecule has 118 valence electrons. The molecule has 0 spiro atoms. The van der Waals surface area contributed by atoms with Crippen molar-refractivity contribution in [3.8, 4) is 0 Å². The molecule has 0 aliphatic rings. The lowest BCUT2D eigenvalue weighted by atomic mass is 10.1. The Morgan fingerprint density at radius 1 is 1.41 bits per heavy atom. The summed E-state index contributed by atoms with van der Waals surface area (Å²) in [5, 5.41) is 0.301. The zero-order valence-electron chi connectivity index (χ0n) is 13.0. The van der Waals surface area contributed by atoms with Crippen molar-refractivity contribution in [3.63, 3.8) is 0 Å². The summed E-state index contributed by atoms with van der Waals surface area (Å²) in [6, 6.07) is 3.66. The predicted molar refractivity (Wildman–Crippen MR) is 81.1 cm³/mol. The van der Waals surface area contributed by atoms with Crippen LogP contribution in [0.25, 0.3) is 10.9 Å². The summed E-state index contributed by atoms with van der Waals surface area (Å²) in [6.07, 6.45) is 1.49. The summed E-state index contributed by atoms with van der Waals surface area (Å²) in [5.41, 5.74) is 0.292. The average Bonchev–Trinajstić information content (AvgIpc) is 2.83. The molecule has 0 saturated carbocycles. The van der Waals surface area contributed by atoms with Crippen LogP contribution in [0.2, 0.25) is 0 Å². The molecule has 2 rings (SSSR count). The average molecular weight is 306 g/mol. The molecule has 0 radical (unpaired) electrons. The van der Waals surface area contributed by atoms with Gasteiger partial charge in [-0.15, -0.1) is 0 Å². The number of amides is 1. The highest BCUT2D eigenvalue weighted by molar-refractivity contribution is 5.88. The van der Waals surface area contributed by atoms with Crippen molar-refractivity contribution in [1.82, 2.24) is 9.88 Å². The molecule has 22 heavy (non-hydrogen) atoms. The molecule has 2 aromatic rings. The van der Waals surface area contributed by atoms with Crippen molar-refractivity contribution in [1.29, 1.82) is 0 Å². The third-order valence-electron chi connectivity index (χ3n) is 3.23. The van der Waals surface area contributed by atoms with Gasteiger partial charge >= 0.3 is 6.09 Å². The topological polar surface area (TPSA) is 62.4 Å². The van der Waals surface area contributed by atoms with Gasteiger partial charge < -0.3 is 14.5 Å². The fourth-order valence-electron chi connectivity index (χ4n) is 2.22. The third-order valence-corrected chi connectivity index (χ3v) is 3.23. The first-order valence-corrected chi connectivity index (χ1v) is 6.91. The highest BCUT2D eigenvalue weighted by Gasteiger charge is 2.28. The highest BCUT2D eigenvalue weighted by atomic mass is 19.1. The van der Waals surface area contributed by atoms with Crippen molar-refractivity contribution in [2.75, 3.05) is 7.05 Å². The number of nitrogens with zero attached hydrogens (tertiary/aromatic N) is 1. The number of aromatic amines is 1. The number of carbonyl (C=O) groups excluding carboxylic acids is 2. The zero-order chi connectivity index (χ0) is 16.5. The number of nitrogens with one attached hydrogen (secondary N) is 1. The first kappa shape index (κ1) is 16.0. The van der Waals surface area contributed by atoms with Gasteiger partial charge in [-0.1, -0.05) is 6.07 Å². The van der Waals surface area contributed by atoms with E-state index < -0.39 is 23.6 Å². The quantitative estimate of drug-likeness (QED) is 0.884. The number of carbonyl (C=O) groups is 2. The van der Waals surface area contributed by atoms with Gasteiger partial charge in [0.1, 0.15) is 23.7 Å². The molecule has 0 saturated heterocycles. The molecule has 0 aliphatic carbocycles. The number of aromatic nitrogens is 1. The van der Waals surface area contributed by atoms with Gasteiger partial charge in [0.2, 0.25) is 0 Å². The minimum absolute atomic E-state index is 0.301. The minimum atomic E-state index is -0.930. The zero-order valence-corrected chi connectivity index (χ0v) is 13.0. The van der Waals surface area contributed by atoms with Crippen LogP contribution in [0.4, 0.5) is 9.18 Å². The number of aldehydes is 1. The van der Waals surface area contributed by atoms with E-state index in [-0.39, 0.29) is 0 Å². The Balaban J connectivity index is 2.38. The lowest BCUT2D eigenvalue weighted by molar-refractivity contribution is -0.112. The van der Waals surface area contributed by atoms with Crippen molar-refractivity contribution in [3.05, 3.63) is 35.8 Å². The Morgan fingerprint density at radius 3 is 2.68 bits per heavy atom. The Bertz CT molecular complexity index is 703. The van der Waals surface area contributed by atoms with Gasteiger partial charge in [0.25, 0.3) is 0 Å². The van der Waals surface area contributed by atoms with E-state index in [4.69, 9.17) is 4.74 Å². The monoisotopic (exact) mass is 306 g/mol. The van der Waals surface area contributed by atoms with Crippen LogP contribution in [0.1, 0.15) is 32.4 Å². The van der Waals surface area contributed by atoms with Crippen LogP contribution in [0.5, 0.6) is 0 Å². The van der Waals surface area contributed by atoms with Gasteiger partial charge in [0, 0.05) is 29.7 Å². The second kappa shape index (κ2) is 5.79. The van der Waals surface area contributed by atoms with E-state index in [1.165, 1.54) is 19.3 Å². The molecule has 1 heterocycles. The molecule has 1 atom stereocenters. The SMILES string of the molecule is CN(C(=O)OC(C)(C)C)C(C=O)c1c[nH]c2cccc(F)c12. The maximum atomic E-state index is 14.0. The Hall–Kier alpha value is -2.37. The Morgan fingerprint density at radius 2 is 2.09 bits per heavy atom. The molecule has 6 heteroatoms. The highest BCUT2D eigenvalue weighted by Crippen LogP contribution is 2.29. The number of ether oxygens (including phenoxy) is 1. The van der Waals surface area contributed by atoms with Crippen LogP contribution >= 0.6 is 0 Å². The minimum Gasteiger partial charge on any atom is -0.444 e. The van der Waals surface area contributed by atoms with Crippen molar-refractivity contribution in [2.45, 2.75) is 32.4 Å². The first-order valence-electron chi connectivity index (χ1n) is 6.91. The summed E-state index contributed by atoms with van der Waals surface area (Å²) < 4.78 is 19.3. The summed E-state index contributed by atoms with van der Waals surface area (Å²) in [5.74, 6) is -0.446. The first-order chi connectivity index (χ1) is 10.2. The molecule has 1 N–H and O–H groups in total. The summed E-state index contributed by atoms with van der Waals surface area (Å²) in [6.45, 7) is 5.21. The fourth-order valence-corrected chi connectivity index (χ4v) is 2.22. The number of likely N-dealkylation sites (N-methyl/N-ethyl adjacent to an activating group) is 1. The maximum Gasteiger partial charge on any atom is 0.410 e. The second-order valence-electron chi connectivity index (χ2n) is 6.08. The van der Waals surface area contributed by atoms with E-state index in [2.05, 4.69) is 4.98 Å². The normalized spacial score (nSPS) is 13.0. The molecule has 1 aromatic heterocycles. The summed E-state index contributed by atoms with van der Waals surface area (Å²) in [4.78, 5) is 27.7. The van der Waals surface area contributed by atoms with Crippen LogP contribution in [0, 0.1) is 5.82 Å². The van der Waals surface area contributed by atoms with E-state index in [9.17, 15) is 14.0 Å². The smallest absolute Gasteiger partial charge is 0.410 e. The second-order valence-corrected chi connectivity index (χ2v) is 6.08. The van der Waals surface area contributed by atoms with Crippen LogP contribution < -0.4 is 0 Å². The molecule has 1 aromatic carbocycles. The lowest BCUT2D eigenvalue weighted by Crippen LogP contribution is -2.37. The predicted octanol–water partition coefficient (Wildman–Crippen LogP) is 3.41. The third kappa shape index (κ3) is 3.10. The number of H-pyrrole nitrogens is 1. The number of hydrogen-bond donors (Lipinski definition) is 1. The molecular formula is C16H19FN2O3. The standard InChI is InChI=1S/C16H19FN2O3/c1-16(2,3)22-15(21)19(4)13(9-20)10-8-18-12-7-5-6-11(17)14(10)12/h5-9,13,18H,1-4H3. The molecule has 0 aliphatic heterocycles. The van der Waals surface area contributed by atoms with Crippen LogP contribution in [-0.4, -0.2) is 34.9 Å². The maximum absolute atomic E-state index is 14.0. The van der Waals surface area contributed by atoms with E-state index in [0.717, 1.165) is 4.90 Å². The summed E-state index contributed by atoms with van der Waals surface area (Å²) >= 11 is 0. The Kier molecular flexibility index (Phi) is 4.21. The number of rotatable bonds is 3. The molecule has 1 unspecified atom stereocenters. The largest absolute Gasteiger partial charge is 0.444 e. The number of fused-ring (bicyclic) bond motifs is 1. The van der Waals surface area contributed by atoms with Crippen LogP contribution in [-0.2, 0) is 9.53 Å². The van der Waals surface area contributed by atoms with Crippen molar-refractivity contribution < 1.29 is 18.7 Å². The van der Waals surface area contributed by atoms with E-state index in [1.54, 1.807) is 32.9 Å². The van der Waals surface area contributed by atoms with Gasteiger partial charge in [-0.25, -0.2) is 9.18 Å². The molecular weight excluding hydrogens is 287 g/mol. The number of benzene rings is 1. The molecule has 0 bridgehead atoms. The van der Waals surface area contributed by atoms with Crippen molar-refractivity contribution >= 4 is 23.3 Å².